The fraction of sp³-hybridized carbons (Fsp3) is 0.318. The highest BCUT2D eigenvalue weighted by Gasteiger charge is 2.22. The second kappa shape index (κ2) is 8.62. The molecule has 0 saturated carbocycles. The summed E-state index contributed by atoms with van der Waals surface area (Å²) in [6.07, 6.45) is 1.83. The number of rotatable bonds is 7. The highest BCUT2D eigenvalue weighted by Crippen LogP contribution is 2.22. The molecule has 0 saturated heterocycles. The standard InChI is InChI=1S/C22H26N4O/c1-4-14-25(15-5-2)22(27)20-23-21(18-11-7-6-8-12-18)26(24-20)19-13-9-10-17(3)16-19/h6-13,16H,4-5,14-15H2,1-3H3. The van der Waals surface area contributed by atoms with Gasteiger partial charge < -0.3 is 4.90 Å². The Labute approximate surface area is 160 Å². The van der Waals surface area contributed by atoms with Crippen LogP contribution in [0.4, 0.5) is 0 Å². The van der Waals surface area contributed by atoms with E-state index in [-0.39, 0.29) is 11.7 Å². The van der Waals surface area contributed by atoms with Crippen molar-refractivity contribution in [2.75, 3.05) is 13.1 Å². The molecule has 0 spiro atoms. The van der Waals surface area contributed by atoms with Crippen molar-refractivity contribution in [1.29, 1.82) is 0 Å². The summed E-state index contributed by atoms with van der Waals surface area (Å²) in [7, 11) is 0. The number of amides is 1. The lowest BCUT2D eigenvalue weighted by atomic mass is 10.2. The highest BCUT2D eigenvalue weighted by molar-refractivity contribution is 5.91. The first-order valence-corrected chi connectivity index (χ1v) is 9.52. The topological polar surface area (TPSA) is 51.0 Å². The van der Waals surface area contributed by atoms with E-state index < -0.39 is 0 Å². The van der Waals surface area contributed by atoms with Crippen molar-refractivity contribution < 1.29 is 4.79 Å². The van der Waals surface area contributed by atoms with Gasteiger partial charge in [0.1, 0.15) is 0 Å². The van der Waals surface area contributed by atoms with Gasteiger partial charge in [-0.2, -0.15) is 0 Å². The van der Waals surface area contributed by atoms with Crippen LogP contribution < -0.4 is 0 Å². The van der Waals surface area contributed by atoms with Gasteiger partial charge in [0.15, 0.2) is 5.82 Å². The third-order valence-corrected chi connectivity index (χ3v) is 4.35. The van der Waals surface area contributed by atoms with E-state index in [2.05, 4.69) is 23.9 Å². The Hall–Kier alpha value is -2.95. The number of carbonyl (C=O) groups excluding carboxylic acids is 1. The monoisotopic (exact) mass is 362 g/mol. The molecule has 27 heavy (non-hydrogen) atoms. The number of hydrogen-bond donors (Lipinski definition) is 0. The lowest BCUT2D eigenvalue weighted by molar-refractivity contribution is 0.0743. The van der Waals surface area contributed by atoms with E-state index in [1.165, 1.54) is 0 Å². The van der Waals surface area contributed by atoms with E-state index in [1.807, 2.05) is 66.4 Å². The molecule has 1 heterocycles. The fourth-order valence-corrected chi connectivity index (χ4v) is 3.11. The third kappa shape index (κ3) is 4.25. The zero-order valence-electron chi connectivity index (χ0n) is 16.2. The minimum atomic E-state index is -0.109. The molecule has 0 aliphatic heterocycles. The third-order valence-electron chi connectivity index (χ3n) is 4.35. The number of aromatic nitrogens is 3. The number of carbonyl (C=O) groups is 1. The van der Waals surface area contributed by atoms with Crippen LogP contribution in [0.15, 0.2) is 54.6 Å². The highest BCUT2D eigenvalue weighted by atomic mass is 16.2. The maximum atomic E-state index is 13.0. The first-order chi connectivity index (χ1) is 13.1. The van der Waals surface area contributed by atoms with E-state index in [0.29, 0.717) is 18.9 Å². The van der Waals surface area contributed by atoms with E-state index in [1.54, 1.807) is 4.68 Å². The Balaban J connectivity index is 2.08. The van der Waals surface area contributed by atoms with Crippen molar-refractivity contribution in [3.05, 3.63) is 66.0 Å². The van der Waals surface area contributed by atoms with Gasteiger partial charge >= 0.3 is 0 Å². The Bertz CT molecular complexity index is 896. The summed E-state index contributed by atoms with van der Waals surface area (Å²) >= 11 is 0. The van der Waals surface area contributed by atoms with Crippen LogP contribution in [0.3, 0.4) is 0 Å². The molecule has 5 nitrogen and oxygen atoms in total. The van der Waals surface area contributed by atoms with Gasteiger partial charge in [0.2, 0.25) is 5.82 Å². The van der Waals surface area contributed by atoms with Crippen LogP contribution in [0.2, 0.25) is 0 Å². The zero-order chi connectivity index (χ0) is 19.2. The summed E-state index contributed by atoms with van der Waals surface area (Å²) in [6, 6.07) is 17.9. The molecule has 3 aromatic rings. The number of hydrogen-bond acceptors (Lipinski definition) is 3. The maximum absolute atomic E-state index is 13.0. The van der Waals surface area contributed by atoms with Gasteiger partial charge in [-0.15, -0.1) is 5.10 Å². The molecule has 0 fully saturated rings. The summed E-state index contributed by atoms with van der Waals surface area (Å²) in [5.74, 6) is 0.817. The largest absolute Gasteiger partial charge is 0.336 e. The second-order valence-corrected chi connectivity index (χ2v) is 6.67. The molecule has 0 N–H and O–H groups in total. The van der Waals surface area contributed by atoms with E-state index in [0.717, 1.165) is 29.7 Å². The molecule has 0 bridgehead atoms. The van der Waals surface area contributed by atoms with Crippen LogP contribution >= 0.6 is 0 Å². The number of benzene rings is 2. The smallest absolute Gasteiger partial charge is 0.293 e. The van der Waals surface area contributed by atoms with Gasteiger partial charge in [-0.1, -0.05) is 56.3 Å². The Kier molecular flexibility index (Phi) is 6.01. The molecule has 0 atom stereocenters. The molecule has 5 heteroatoms. The molecule has 3 rings (SSSR count). The zero-order valence-corrected chi connectivity index (χ0v) is 16.2. The van der Waals surface area contributed by atoms with Crippen LogP contribution in [-0.4, -0.2) is 38.7 Å². The molecule has 2 aromatic carbocycles. The van der Waals surface area contributed by atoms with Crippen molar-refractivity contribution in [2.24, 2.45) is 0 Å². The summed E-state index contributed by atoms with van der Waals surface area (Å²) in [5.41, 5.74) is 2.97. The van der Waals surface area contributed by atoms with Crippen molar-refractivity contribution in [3.8, 4) is 17.1 Å². The van der Waals surface area contributed by atoms with E-state index in [4.69, 9.17) is 0 Å². The Morgan fingerprint density at radius 3 is 2.33 bits per heavy atom. The molecule has 0 unspecified atom stereocenters. The van der Waals surface area contributed by atoms with E-state index >= 15 is 0 Å². The van der Waals surface area contributed by atoms with Crippen molar-refractivity contribution in [3.63, 3.8) is 0 Å². The minimum Gasteiger partial charge on any atom is -0.336 e. The van der Waals surface area contributed by atoms with Crippen LogP contribution in [0.1, 0.15) is 42.9 Å². The molecule has 0 aliphatic carbocycles. The van der Waals surface area contributed by atoms with E-state index in [9.17, 15) is 4.79 Å². The molecular weight excluding hydrogens is 336 g/mol. The van der Waals surface area contributed by atoms with Crippen molar-refractivity contribution in [1.82, 2.24) is 19.7 Å². The van der Waals surface area contributed by atoms with Crippen LogP contribution in [0.25, 0.3) is 17.1 Å². The Morgan fingerprint density at radius 2 is 1.70 bits per heavy atom. The molecule has 1 amide bonds. The van der Waals surface area contributed by atoms with Crippen LogP contribution in [-0.2, 0) is 0 Å². The van der Waals surface area contributed by atoms with Crippen LogP contribution in [0.5, 0.6) is 0 Å². The first kappa shape index (κ1) is 18.8. The summed E-state index contributed by atoms with van der Waals surface area (Å²) in [4.78, 5) is 19.5. The van der Waals surface area contributed by atoms with Crippen molar-refractivity contribution in [2.45, 2.75) is 33.6 Å². The van der Waals surface area contributed by atoms with Crippen molar-refractivity contribution >= 4 is 5.91 Å². The molecule has 140 valence electrons. The SMILES string of the molecule is CCCN(CCC)C(=O)c1nc(-c2ccccc2)n(-c2cccc(C)c2)n1. The molecular formula is C22H26N4O. The van der Waals surface area contributed by atoms with Gasteiger partial charge in [-0.05, 0) is 37.5 Å². The predicted molar refractivity (Wildman–Crippen MR) is 108 cm³/mol. The average molecular weight is 362 g/mol. The second-order valence-electron chi connectivity index (χ2n) is 6.67. The molecule has 1 aromatic heterocycles. The van der Waals surface area contributed by atoms with Gasteiger partial charge in [-0.25, -0.2) is 9.67 Å². The quantitative estimate of drug-likeness (QED) is 0.621. The predicted octanol–water partition coefficient (Wildman–Crippen LogP) is 4.50. The first-order valence-electron chi connectivity index (χ1n) is 9.52. The van der Waals surface area contributed by atoms with Crippen LogP contribution in [0, 0.1) is 6.92 Å². The summed E-state index contributed by atoms with van der Waals surface area (Å²) in [5, 5.41) is 4.60. The maximum Gasteiger partial charge on any atom is 0.293 e. The summed E-state index contributed by atoms with van der Waals surface area (Å²) in [6.45, 7) is 7.62. The normalized spacial score (nSPS) is 10.8. The van der Waals surface area contributed by atoms with Gasteiger partial charge in [0.25, 0.3) is 5.91 Å². The average Bonchev–Trinajstić information content (AvgIpc) is 3.13. The lowest BCUT2D eigenvalue weighted by Crippen LogP contribution is -2.33. The molecule has 0 aliphatic rings. The minimum absolute atomic E-state index is 0.109. The summed E-state index contributed by atoms with van der Waals surface area (Å²) < 4.78 is 1.77. The molecule has 0 radical (unpaired) electrons. The van der Waals surface area contributed by atoms with Gasteiger partial charge in [0, 0.05) is 18.7 Å². The number of nitrogens with zero attached hydrogens (tertiary/aromatic N) is 4. The van der Waals surface area contributed by atoms with Gasteiger partial charge in [-0.3, -0.25) is 4.79 Å². The van der Waals surface area contributed by atoms with Gasteiger partial charge in [0.05, 0.1) is 5.69 Å². The Morgan fingerprint density at radius 1 is 1.00 bits per heavy atom. The number of aryl methyl sites for hydroxylation is 1. The fourth-order valence-electron chi connectivity index (χ4n) is 3.11. The lowest BCUT2D eigenvalue weighted by Gasteiger charge is -2.19.